The topological polar surface area (TPSA) is 89.5 Å². The van der Waals surface area contributed by atoms with E-state index < -0.39 is 0 Å². The zero-order chi connectivity index (χ0) is 29.6. The fraction of sp³-hybridized carbons (Fsp3) is 0.469. The van der Waals surface area contributed by atoms with Gasteiger partial charge in [-0.15, -0.1) is 0 Å². The third kappa shape index (κ3) is 5.89. The molecule has 0 bridgehead atoms. The van der Waals surface area contributed by atoms with E-state index in [1.807, 2.05) is 42.3 Å². The van der Waals surface area contributed by atoms with Crippen molar-refractivity contribution in [1.29, 1.82) is 0 Å². The van der Waals surface area contributed by atoms with Crippen LogP contribution in [0.5, 0.6) is 23.0 Å². The van der Waals surface area contributed by atoms with Gasteiger partial charge in [-0.2, -0.15) is 0 Å². The van der Waals surface area contributed by atoms with E-state index >= 15 is 0 Å². The zero-order valence-corrected chi connectivity index (χ0v) is 25.3. The predicted molar refractivity (Wildman–Crippen MR) is 164 cm³/mol. The van der Waals surface area contributed by atoms with Crippen LogP contribution >= 0.6 is 0 Å². The normalized spacial score (nSPS) is 15.7. The fourth-order valence-corrected chi connectivity index (χ4v) is 5.99. The molecule has 10 heteroatoms. The number of piperazine rings is 1. The van der Waals surface area contributed by atoms with E-state index in [1.165, 1.54) is 6.42 Å². The van der Waals surface area contributed by atoms with E-state index in [1.54, 1.807) is 34.6 Å². The van der Waals surface area contributed by atoms with Crippen LogP contribution in [-0.2, 0) is 0 Å². The summed E-state index contributed by atoms with van der Waals surface area (Å²) in [4.78, 5) is 30.0. The molecule has 2 aromatic carbocycles. The smallest absolute Gasteiger partial charge is 0.259 e. The molecule has 1 aromatic heterocycles. The van der Waals surface area contributed by atoms with Gasteiger partial charge in [-0.05, 0) is 37.1 Å². The Morgan fingerprint density at radius 3 is 2.07 bits per heavy atom. The lowest BCUT2D eigenvalue weighted by Gasteiger charge is -2.38. The van der Waals surface area contributed by atoms with Crippen molar-refractivity contribution in [3.63, 3.8) is 0 Å². The number of hydrogen-bond acceptors (Lipinski definition) is 9. The molecule has 0 atom stereocenters. The summed E-state index contributed by atoms with van der Waals surface area (Å²) in [6, 6.07) is 12.0. The van der Waals surface area contributed by atoms with Gasteiger partial charge in [-0.25, -0.2) is 9.97 Å². The Bertz CT molecular complexity index is 1360. The standard InChI is InChI=1S/C32H41N5O5/c1-35(23-11-7-6-8-12-23)32(38)24-21-33-30(22-19-27(40-3)29(42-5)28(20-22)41-4)34-31(24)37-17-15-36(16-18-37)25-13-9-10-14-26(25)39-2/h9-10,13-14,19-21,23H,6-8,11-12,15-18H2,1-5H3. The van der Waals surface area contributed by atoms with Crippen LogP contribution in [0.1, 0.15) is 42.5 Å². The van der Waals surface area contributed by atoms with Gasteiger partial charge in [0.1, 0.15) is 17.1 Å². The number of carbonyl (C=O) groups is 1. The number of anilines is 2. The number of aromatic nitrogens is 2. The van der Waals surface area contributed by atoms with E-state index in [4.69, 9.17) is 23.9 Å². The molecule has 2 heterocycles. The van der Waals surface area contributed by atoms with Crippen LogP contribution in [0.3, 0.4) is 0 Å². The Morgan fingerprint density at radius 2 is 1.45 bits per heavy atom. The number of hydrogen-bond donors (Lipinski definition) is 0. The molecule has 0 unspecified atom stereocenters. The number of methoxy groups -OCH3 is 4. The maximum Gasteiger partial charge on any atom is 0.259 e. The van der Waals surface area contributed by atoms with Gasteiger partial charge in [0, 0.05) is 51.0 Å². The average molecular weight is 576 g/mol. The van der Waals surface area contributed by atoms with Crippen LogP contribution in [0, 0.1) is 0 Å². The lowest BCUT2D eigenvalue weighted by Crippen LogP contribution is -2.48. The Labute approximate surface area is 248 Å². The molecule has 3 aromatic rings. The summed E-state index contributed by atoms with van der Waals surface area (Å²) in [5.41, 5.74) is 2.29. The molecule has 1 amide bonds. The number of para-hydroxylation sites is 2. The summed E-state index contributed by atoms with van der Waals surface area (Å²) in [5, 5.41) is 0. The monoisotopic (exact) mass is 575 g/mol. The highest BCUT2D eigenvalue weighted by molar-refractivity contribution is 5.99. The predicted octanol–water partition coefficient (Wildman–Crippen LogP) is 4.91. The number of ether oxygens (including phenoxy) is 4. The number of carbonyl (C=O) groups excluding carboxylic acids is 1. The summed E-state index contributed by atoms with van der Waals surface area (Å²) >= 11 is 0. The van der Waals surface area contributed by atoms with E-state index in [9.17, 15) is 4.79 Å². The van der Waals surface area contributed by atoms with Crippen molar-refractivity contribution >= 4 is 17.4 Å². The van der Waals surface area contributed by atoms with Gasteiger partial charge in [0.15, 0.2) is 17.3 Å². The van der Waals surface area contributed by atoms with Crippen LogP contribution in [0.4, 0.5) is 11.5 Å². The molecule has 1 saturated carbocycles. The molecule has 224 valence electrons. The Hall–Kier alpha value is -4.21. The van der Waals surface area contributed by atoms with Crippen molar-refractivity contribution in [3.05, 3.63) is 48.2 Å². The van der Waals surface area contributed by atoms with Crippen LogP contribution < -0.4 is 28.7 Å². The molecule has 0 radical (unpaired) electrons. The summed E-state index contributed by atoms with van der Waals surface area (Å²) in [6.45, 7) is 2.90. The maximum absolute atomic E-state index is 13.9. The number of benzene rings is 2. The van der Waals surface area contributed by atoms with E-state index in [0.717, 1.165) is 50.2 Å². The van der Waals surface area contributed by atoms with Gasteiger partial charge in [0.2, 0.25) is 5.75 Å². The lowest BCUT2D eigenvalue weighted by atomic mass is 9.94. The molecule has 42 heavy (non-hydrogen) atoms. The number of rotatable bonds is 9. The molecule has 2 fully saturated rings. The minimum atomic E-state index is -0.0412. The van der Waals surface area contributed by atoms with Crippen molar-refractivity contribution < 1.29 is 23.7 Å². The molecular formula is C32H41N5O5. The van der Waals surface area contributed by atoms with Crippen LogP contribution in [-0.4, -0.2) is 88.5 Å². The average Bonchev–Trinajstić information content (AvgIpc) is 3.07. The maximum atomic E-state index is 13.9. The highest BCUT2D eigenvalue weighted by atomic mass is 16.5. The molecule has 5 rings (SSSR count). The third-order valence-corrected chi connectivity index (χ3v) is 8.37. The molecule has 2 aliphatic rings. The summed E-state index contributed by atoms with van der Waals surface area (Å²) in [5.74, 6) is 3.45. The first kappa shape index (κ1) is 29.3. The van der Waals surface area contributed by atoms with Gasteiger partial charge in [0.05, 0.1) is 34.1 Å². The first-order valence-electron chi connectivity index (χ1n) is 14.6. The van der Waals surface area contributed by atoms with Crippen molar-refractivity contribution in [2.75, 3.05) is 71.5 Å². The van der Waals surface area contributed by atoms with Crippen LogP contribution in [0.15, 0.2) is 42.6 Å². The summed E-state index contributed by atoms with van der Waals surface area (Å²) in [6.07, 6.45) is 7.26. The highest BCUT2D eigenvalue weighted by Gasteiger charge is 2.30. The first-order valence-corrected chi connectivity index (χ1v) is 14.6. The van der Waals surface area contributed by atoms with E-state index in [0.29, 0.717) is 53.1 Å². The lowest BCUT2D eigenvalue weighted by molar-refractivity contribution is 0.0696. The van der Waals surface area contributed by atoms with E-state index in [-0.39, 0.29) is 11.9 Å². The van der Waals surface area contributed by atoms with Crippen molar-refractivity contribution in [2.24, 2.45) is 0 Å². The largest absolute Gasteiger partial charge is 0.495 e. The van der Waals surface area contributed by atoms with Gasteiger partial charge in [-0.1, -0.05) is 31.4 Å². The summed E-state index contributed by atoms with van der Waals surface area (Å²) in [7, 11) is 8.34. The number of nitrogens with zero attached hydrogens (tertiary/aromatic N) is 5. The Morgan fingerprint density at radius 1 is 0.833 bits per heavy atom. The molecule has 1 saturated heterocycles. The first-order chi connectivity index (χ1) is 20.5. The SMILES string of the molecule is COc1ccccc1N1CCN(c2nc(-c3cc(OC)c(OC)c(OC)c3)ncc2C(=O)N(C)C2CCCCC2)CC1. The second-order valence-electron chi connectivity index (χ2n) is 10.7. The van der Waals surface area contributed by atoms with Crippen LogP contribution in [0.25, 0.3) is 11.4 Å². The second kappa shape index (κ2) is 13.2. The minimum absolute atomic E-state index is 0.0412. The zero-order valence-electron chi connectivity index (χ0n) is 25.3. The highest BCUT2D eigenvalue weighted by Crippen LogP contribution is 2.41. The fourth-order valence-electron chi connectivity index (χ4n) is 5.99. The van der Waals surface area contributed by atoms with Crippen molar-refractivity contribution in [2.45, 2.75) is 38.1 Å². The molecule has 1 aliphatic heterocycles. The van der Waals surface area contributed by atoms with Gasteiger partial charge in [0.25, 0.3) is 5.91 Å². The molecular weight excluding hydrogens is 534 g/mol. The van der Waals surface area contributed by atoms with E-state index in [2.05, 4.69) is 20.9 Å². The second-order valence-corrected chi connectivity index (χ2v) is 10.7. The molecule has 0 spiro atoms. The van der Waals surface area contributed by atoms with Crippen LogP contribution in [0.2, 0.25) is 0 Å². The quantitative estimate of drug-likeness (QED) is 0.353. The molecule has 10 nitrogen and oxygen atoms in total. The van der Waals surface area contributed by atoms with Crippen molar-refractivity contribution in [1.82, 2.24) is 14.9 Å². The Balaban J connectivity index is 1.50. The molecule has 1 aliphatic carbocycles. The third-order valence-electron chi connectivity index (χ3n) is 8.37. The Kier molecular flexibility index (Phi) is 9.19. The van der Waals surface area contributed by atoms with Gasteiger partial charge >= 0.3 is 0 Å². The minimum Gasteiger partial charge on any atom is -0.495 e. The number of amides is 1. The molecule has 0 N–H and O–H groups in total. The van der Waals surface area contributed by atoms with Gasteiger partial charge in [-0.3, -0.25) is 4.79 Å². The van der Waals surface area contributed by atoms with Crippen molar-refractivity contribution in [3.8, 4) is 34.4 Å². The van der Waals surface area contributed by atoms with Gasteiger partial charge < -0.3 is 33.6 Å². The summed E-state index contributed by atoms with van der Waals surface area (Å²) < 4.78 is 22.3.